The Balaban J connectivity index is 2.29. The molecule has 0 spiro atoms. The molecule has 0 amide bonds. The van der Waals surface area contributed by atoms with Crippen molar-refractivity contribution in [3.05, 3.63) is 50.1 Å². The number of nitrogens with two attached hydrogens (primary N) is 1. The molecule has 0 saturated carbocycles. The van der Waals surface area contributed by atoms with E-state index in [4.69, 9.17) is 10.5 Å². The molecule has 1 aromatic heterocycles. The summed E-state index contributed by atoms with van der Waals surface area (Å²) in [6.07, 6.45) is 0. The van der Waals surface area contributed by atoms with Gasteiger partial charge in [-0.15, -0.1) is 11.3 Å². The fourth-order valence-electron chi connectivity index (χ4n) is 1.84. The van der Waals surface area contributed by atoms with E-state index in [0.29, 0.717) is 6.61 Å². The molecule has 0 fully saturated rings. The predicted molar refractivity (Wildman–Crippen MR) is 80.4 cm³/mol. The van der Waals surface area contributed by atoms with Gasteiger partial charge in [0.25, 0.3) is 0 Å². The molecule has 2 aromatic rings. The van der Waals surface area contributed by atoms with Gasteiger partial charge >= 0.3 is 0 Å². The number of benzene rings is 1. The Bertz CT molecular complexity index is 538. The number of rotatable bonds is 4. The second kappa shape index (κ2) is 5.87. The van der Waals surface area contributed by atoms with Gasteiger partial charge in [-0.1, -0.05) is 6.07 Å². The lowest BCUT2D eigenvalue weighted by molar-refractivity contribution is 0.338. The maximum Gasteiger partial charge on any atom is 0.133 e. The third kappa shape index (κ3) is 2.76. The normalized spacial score (nSPS) is 12.4. The van der Waals surface area contributed by atoms with Crippen LogP contribution in [0.15, 0.2) is 34.1 Å². The lowest BCUT2D eigenvalue weighted by Crippen LogP contribution is -2.11. The largest absolute Gasteiger partial charge is 0.493 e. The van der Waals surface area contributed by atoms with E-state index in [-0.39, 0.29) is 6.04 Å². The number of thiophene rings is 1. The summed E-state index contributed by atoms with van der Waals surface area (Å²) in [4.78, 5) is 1.21. The summed E-state index contributed by atoms with van der Waals surface area (Å²) in [5.74, 6) is 0.858. The molecule has 1 heterocycles. The zero-order chi connectivity index (χ0) is 13.1. The summed E-state index contributed by atoms with van der Waals surface area (Å²) >= 11 is 5.22. The van der Waals surface area contributed by atoms with E-state index >= 15 is 0 Å². The highest BCUT2D eigenvalue weighted by Crippen LogP contribution is 2.32. The quantitative estimate of drug-likeness (QED) is 0.911. The number of hydrogen-bond donors (Lipinski definition) is 1. The molecular weight excluding hydrogens is 310 g/mol. The van der Waals surface area contributed by atoms with Gasteiger partial charge in [0.15, 0.2) is 0 Å². The molecule has 1 aromatic carbocycles. The molecule has 2 N–H and O–H groups in total. The van der Waals surface area contributed by atoms with Crippen LogP contribution in [0.2, 0.25) is 0 Å². The zero-order valence-electron chi connectivity index (χ0n) is 10.4. The summed E-state index contributed by atoms with van der Waals surface area (Å²) in [5.41, 5.74) is 8.64. The second-order valence-electron chi connectivity index (χ2n) is 4.07. The van der Waals surface area contributed by atoms with E-state index in [2.05, 4.69) is 34.3 Å². The minimum Gasteiger partial charge on any atom is -0.493 e. The first-order valence-electron chi connectivity index (χ1n) is 5.85. The third-order valence-corrected chi connectivity index (χ3v) is 4.52. The molecule has 4 heteroatoms. The van der Waals surface area contributed by atoms with E-state index in [9.17, 15) is 0 Å². The van der Waals surface area contributed by atoms with Crippen LogP contribution in [-0.2, 0) is 0 Å². The zero-order valence-corrected chi connectivity index (χ0v) is 12.8. The average Bonchev–Trinajstić information content (AvgIpc) is 2.77. The van der Waals surface area contributed by atoms with E-state index in [0.717, 1.165) is 15.8 Å². The lowest BCUT2D eigenvalue weighted by atomic mass is 10.0. The van der Waals surface area contributed by atoms with Crippen LogP contribution in [0, 0.1) is 6.92 Å². The van der Waals surface area contributed by atoms with Crippen LogP contribution in [0.3, 0.4) is 0 Å². The summed E-state index contributed by atoms with van der Waals surface area (Å²) in [6.45, 7) is 4.73. The molecule has 0 aliphatic rings. The summed E-state index contributed by atoms with van der Waals surface area (Å²) < 4.78 is 6.45. The van der Waals surface area contributed by atoms with Gasteiger partial charge in [0.1, 0.15) is 5.75 Å². The Morgan fingerprint density at radius 3 is 2.72 bits per heavy atom. The minimum atomic E-state index is -0.0722. The Kier molecular flexibility index (Phi) is 4.43. The molecular formula is C14H16BrNOS. The average molecular weight is 326 g/mol. The molecule has 0 radical (unpaired) electrons. The monoisotopic (exact) mass is 325 g/mol. The smallest absolute Gasteiger partial charge is 0.133 e. The number of aryl methyl sites for hydroxylation is 1. The van der Waals surface area contributed by atoms with E-state index in [1.807, 2.05) is 25.1 Å². The molecule has 96 valence electrons. The van der Waals surface area contributed by atoms with Crippen molar-refractivity contribution in [3.63, 3.8) is 0 Å². The van der Waals surface area contributed by atoms with E-state index < -0.39 is 0 Å². The molecule has 0 aliphatic heterocycles. The standard InChI is InChI=1S/C14H16BrNOS/c1-3-17-12-5-4-10(8-11(12)15)13(16)14-9(2)6-7-18-14/h4-8,13H,3,16H2,1-2H3. The van der Waals surface area contributed by atoms with E-state index in [1.54, 1.807) is 11.3 Å². The lowest BCUT2D eigenvalue weighted by Gasteiger charge is -2.14. The molecule has 0 saturated heterocycles. The first-order chi connectivity index (χ1) is 8.63. The van der Waals surface area contributed by atoms with E-state index in [1.165, 1.54) is 10.4 Å². The highest BCUT2D eigenvalue weighted by molar-refractivity contribution is 9.10. The van der Waals surface area contributed by atoms with Crippen molar-refractivity contribution in [2.75, 3.05) is 6.61 Å². The van der Waals surface area contributed by atoms with Crippen molar-refractivity contribution in [2.24, 2.45) is 5.73 Å². The van der Waals surface area contributed by atoms with Crippen LogP contribution in [0.4, 0.5) is 0 Å². The third-order valence-electron chi connectivity index (χ3n) is 2.80. The number of ether oxygens (including phenoxy) is 1. The maximum absolute atomic E-state index is 6.30. The summed E-state index contributed by atoms with van der Waals surface area (Å²) in [7, 11) is 0. The Morgan fingerprint density at radius 1 is 1.39 bits per heavy atom. The molecule has 1 unspecified atom stereocenters. The predicted octanol–water partition coefficient (Wildman–Crippen LogP) is 4.27. The SMILES string of the molecule is CCOc1ccc(C(N)c2sccc2C)cc1Br. The van der Waals surface area contributed by atoms with Gasteiger partial charge in [0.05, 0.1) is 17.1 Å². The maximum atomic E-state index is 6.30. The summed E-state index contributed by atoms with van der Waals surface area (Å²) in [5, 5.41) is 2.08. The number of halogens is 1. The Morgan fingerprint density at radius 2 is 2.17 bits per heavy atom. The molecule has 18 heavy (non-hydrogen) atoms. The van der Waals surface area contributed by atoms with Gasteiger partial charge in [-0.25, -0.2) is 0 Å². The molecule has 2 nitrogen and oxygen atoms in total. The van der Waals surface area contributed by atoms with Crippen molar-refractivity contribution in [2.45, 2.75) is 19.9 Å². The first-order valence-corrected chi connectivity index (χ1v) is 7.52. The highest BCUT2D eigenvalue weighted by atomic mass is 79.9. The van der Waals surface area contributed by atoms with Crippen molar-refractivity contribution in [1.82, 2.24) is 0 Å². The van der Waals surface area contributed by atoms with Gasteiger partial charge in [-0.2, -0.15) is 0 Å². The van der Waals surface area contributed by atoms with Crippen LogP contribution < -0.4 is 10.5 Å². The van der Waals surface area contributed by atoms with Gasteiger partial charge in [0.2, 0.25) is 0 Å². The van der Waals surface area contributed by atoms with Crippen LogP contribution >= 0.6 is 27.3 Å². The topological polar surface area (TPSA) is 35.2 Å². The van der Waals surface area contributed by atoms with Gasteiger partial charge in [-0.05, 0) is 64.5 Å². The van der Waals surface area contributed by atoms with Crippen LogP contribution in [0.1, 0.15) is 29.0 Å². The van der Waals surface area contributed by atoms with Crippen molar-refractivity contribution < 1.29 is 4.74 Å². The minimum absolute atomic E-state index is 0.0722. The first kappa shape index (κ1) is 13.6. The van der Waals surface area contributed by atoms with Crippen molar-refractivity contribution in [1.29, 1.82) is 0 Å². The Hall–Kier alpha value is -0.840. The highest BCUT2D eigenvalue weighted by Gasteiger charge is 2.14. The van der Waals surface area contributed by atoms with Crippen LogP contribution in [0.25, 0.3) is 0 Å². The molecule has 1 atom stereocenters. The van der Waals surface area contributed by atoms with Crippen LogP contribution in [0.5, 0.6) is 5.75 Å². The molecule has 0 bridgehead atoms. The number of hydrogen-bond acceptors (Lipinski definition) is 3. The van der Waals surface area contributed by atoms with Crippen molar-refractivity contribution in [3.8, 4) is 5.75 Å². The van der Waals surface area contributed by atoms with Gasteiger partial charge in [0, 0.05) is 4.88 Å². The molecule has 2 rings (SSSR count). The van der Waals surface area contributed by atoms with Gasteiger partial charge < -0.3 is 10.5 Å². The van der Waals surface area contributed by atoms with Crippen LogP contribution in [-0.4, -0.2) is 6.61 Å². The molecule has 0 aliphatic carbocycles. The van der Waals surface area contributed by atoms with Crippen molar-refractivity contribution >= 4 is 27.3 Å². The Labute approximate surface area is 120 Å². The summed E-state index contributed by atoms with van der Waals surface area (Å²) in [6, 6.07) is 8.06. The fraction of sp³-hybridized carbons (Fsp3) is 0.286. The fourth-order valence-corrected chi connectivity index (χ4v) is 3.30. The van der Waals surface area contributed by atoms with Gasteiger partial charge in [-0.3, -0.25) is 0 Å². The second-order valence-corrected chi connectivity index (χ2v) is 5.87.